The van der Waals surface area contributed by atoms with E-state index < -0.39 is 0 Å². The van der Waals surface area contributed by atoms with E-state index in [2.05, 4.69) is 20.3 Å². The Hall–Kier alpha value is -2.89. The molecule has 0 saturated carbocycles. The Morgan fingerprint density at radius 3 is 2.71 bits per heavy atom. The summed E-state index contributed by atoms with van der Waals surface area (Å²) in [4.78, 5) is 26.0. The van der Waals surface area contributed by atoms with Crippen LogP contribution in [0.3, 0.4) is 0 Å². The molecule has 0 atom stereocenters. The summed E-state index contributed by atoms with van der Waals surface area (Å²) in [5.41, 5.74) is 2.65. The fraction of sp³-hybridized carbons (Fsp3) is 0.278. The highest BCUT2D eigenvalue weighted by Crippen LogP contribution is 2.21. The first-order valence-electron chi connectivity index (χ1n) is 8.18. The number of hydrogen-bond acceptors (Lipinski definition) is 4. The van der Waals surface area contributed by atoms with Crippen molar-refractivity contribution in [3.63, 3.8) is 0 Å². The molecule has 6 nitrogen and oxygen atoms in total. The number of pyridine rings is 2. The number of likely N-dealkylation sites (tertiary alicyclic amines) is 1. The lowest BCUT2D eigenvalue weighted by Crippen LogP contribution is -2.42. The first-order valence-corrected chi connectivity index (χ1v) is 8.18. The maximum Gasteiger partial charge on any atom is 0.256 e. The van der Waals surface area contributed by atoms with Crippen LogP contribution in [-0.2, 0) is 0 Å². The summed E-state index contributed by atoms with van der Waals surface area (Å²) in [6.07, 6.45) is 10.7. The van der Waals surface area contributed by atoms with Gasteiger partial charge in [0.2, 0.25) is 0 Å². The van der Waals surface area contributed by atoms with Crippen LogP contribution in [0, 0.1) is 0 Å². The Morgan fingerprint density at radius 1 is 1.12 bits per heavy atom. The SMILES string of the molecule is O=C(c1cncc2[nH]ccc12)N1CCC(Nc2ccncc2)CC1. The van der Waals surface area contributed by atoms with Gasteiger partial charge in [0.05, 0.1) is 17.3 Å². The number of carbonyl (C=O) groups excluding carboxylic acids is 1. The average Bonchev–Trinajstić information content (AvgIpc) is 3.11. The van der Waals surface area contributed by atoms with Crippen LogP contribution in [0.1, 0.15) is 23.2 Å². The maximum atomic E-state index is 12.8. The monoisotopic (exact) mass is 321 g/mol. The summed E-state index contributed by atoms with van der Waals surface area (Å²) in [6, 6.07) is 6.26. The Bertz CT molecular complexity index is 837. The van der Waals surface area contributed by atoms with Gasteiger partial charge in [0, 0.05) is 55.0 Å². The van der Waals surface area contributed by atoms with Crippen molar-refractivity contribution in [2.24, 2.45) is 0 Å². The van der Waals surface area contributed by atoms with E-state index in [1.54, 1.807) is 24.8 Å². The molecule has 0 radical (unpaired) electrons. The number of carbonyl (C=O) groups is 1. The summed E-state index contributed by atoms with van der Waals surface area (Å²) in [5, 5.41) is 4.45. The molecule has 6 heteroatoms. The fourth-order valence-corrected chi connectivity index (χ4v) is 3.23. The third-order valence-corrected chi connectivity index (χ3v) is 4.54. The molecule has 122 valence electrons. The van der Waals surface area contributed by atoms with E-state index in [0.717, 1.165) is 42.5 Å². The molecule has 0 unspecified atom stereocenters. The lowest BCUT2D eigenvalue weighted by molar-refractivity contribution is 0.0720. The maximum absolute atomic E-state index is 12.8. The zero-order valence-electron chi connectivity index (χ0n) is 13.3. The number of fused-ring (bicyclic) bond motifs is 1. The van der Waals surface area contributed by atoms with Gasteiger partial charge in [-0.15, -0.1) is 0 Å². The van der Waals surface area contributed by atoms with E-state index in [1.165, 1.54) is 0 Å². The molecule has 0 spiro atoms. The molecule has 1 aliphatic heterocycles. The van der Waals surface area contributed by atoms with Crippen LogP contribution in [0.25, 0.3) is 10.9 Å². The van der Waals surface area contributed by atoms with Gasteiger partial charge in [-0.3, -0.25) is 14.8 Å². The average molecular weight is 321 g/mol. The number of aromatic amines is 1. The van der Waals surface area contributed by atoms with Crippen LogP contribution in [0.15, 0.2) is 49.2 Å². The zero-order chi connectivity index (χ0) is 16.4. The van der Waals surface area contributed by atoms with Crippen molar-refractivity contribution in [3.8, 4) is 0 Å². The highest BCUT2D eigenvalue weighted by Gasteiger charge is 2.24. The van der Waals surface area contributed by atoms with Gasteiger partial charge in [0.15, 0.2) is 0 Å². The third kappa shape index (κ3) is 2.82. The summed E-state index contributed by atoms with van der Waals surface area (Å²) in [5.74, 6) is 0.0649. The Morgan fingerprint density at radius 2 is 1.92 bits per heavy atom. The van der Waals surface area contributed by atoms with Gasteiger partial charge >= 0.3 is 0 Å². The third-order valence-electron chi connectivity index (χ3n) is 4.54. The second-order valence-corrected chi connectivity index (χ2v) is 6.07. The quantitative estimate of drug-likeness (QED) is 0.778. The van der Waals surface area contributed by atoms with E-state index in [4.69, 9.17) is 0 Å². The van der Waals surface area contributed by atoms with Crippen molar-refractivity contribution >= 4 is 22.5 Å². The van der Waals surface area contributed by atoms with Crippen LogP contribution in [0.4, 0.5) is 5.69 Å². The van der Waals surface area contributed by atoms with Crippen LogP contribution < -0.4 is 5.32 Å². The summed E-state index contributed by atoms with van der Waals surface area (Å²) in [6.45, 7) is 1.50. The van der Waals surface area contributed by atoms with Crippen LogP contribution in [-0.4, -0.2) is 44.9 Å². The number of hydrogen-bond donors (Lipinski definition) is 2. The van der Waals surface area contributed by atoms with Crippen LogP contribution >= 0.6 is 0 Å². The predicted octanol–water partition coefficient (Wildman–Crippen LogP) is 2.67. The van der Waals surface area contributed by atoms with Gasteiger partial charge in [-0.25, -0.2) is 0 Å². The van der Waals surface area contributed by atoms with Crippen molar-refractivity contribution in [2.75, 3.05) is 18.4 Å². The molecule has 4 rings (SSSR count). The zero-order valence-corrected chi connectivity index (χ0v) is 13.3. The lowest BCUT2D eigenvalue weighted by Gasteiger charge is -2.33. The van der Waals surface area contributed by atoms with Gasteiger partial charge in [0.25, 0.3) is 5.91 Å². The van der Waals surface area contributed by atoms with Gasteiger partial charge in [-0.05, 0) is 31.0 Å². The van der Waals surface area contributed by atoms with E-state index in [9.17, 15) is 4.79 Å². The van der Waals surface area contributed by atoms with E-state index in [1.807, 2.05) is 29.3 Å². The first kappa shape index (κ1) is 14.7. The van der Waals surface area contributed by atoms with Crippen LogP contribution in [0.2, 0.25) is 0 Å². The molecule has 1 amide bonds. The molecule has 0 aromatic carbocycles. The van der Waals surface area contributed by atoms with E-state index >= 15 is 0 Å². The molecular weight excluding hydrogens is 302 g/mol. The number of amides is 1. The number of anilines is 1. The number of H-pyrrole nitrogens is 1. The Kier molecular flexibility index (Phi) is 3.86. The molecule has 3 aromatic rings. The molecule has 1 saturated heterocycles. The summed E-state index contributed by atoms with van der Waals surface area (Å²) >= 11 is 0. The van der Waals surface area contributed by atoms with Crippen molar-refractivity contribution in [2.45, 2.75) is 18.9 Å². The molecular formula is C18H19N5O. The molecule has 3 aromatic heterocycles. The number of nitrogens with one attached hydrogen (secondary N) is 2. The molecule has 1 aliphatic rings. The Labute approximate surface area is 139 Å². The van der Waals surface area contributed by atoms with Crippen LogP contribution in [0.5, 0.6) is 0 Å². The van der Waals surface area contributed by atoms with Gasteiger partial charge in [-0.2, -0.15) is 0 Å². The predicted molar refractivity (Wildman–Crippen MR) is 92.9 cm³/mol. The minimum Gasteiger partial charge on any atom is -0.382 e. The molecule has 0 aliphatic carbocycles. The number of aromatic nitrogens is 3. The van der Waals surface area contributed by atoms with Crippen molar-refractivity contribution in [3.05, 3.63) is 54.7 Å². The van der Waals surface area contributed by atoms with Crippen molar-refractivity contribution < 1.29 is 4.79 Å². The highest BCUT2D eigenvalue weighted by atomic mass is 16.2. The smallest absolute Gasteiger partial charge is 0.256 e. The Balaban J connectivity index is 1.42. The van der Waals surface area contributed by atoms with E-state index in [-0.39, 0.29) is 5.91 Å². The fourth-order valence-electron chi connectivity index (χ4n) is 3.23. The second kappa shape index (κ2) is 6.31. The minimum absolute atomic E-state index is 0.0649. The van der Waals surface area contributed by atoms with Gasteiger partial charge in [-0.1, -0.05) is 0 Å². The topological polar surface area (TPSA) is 73.9 Å². The molecule has 4 heterocycles. The lowest BCUT2D eigenvalue weighted by atomic mass is 10.0. The molecule has 0 bridgehead atoms. The molecule has 24 heavy (non-hydrogen) atoms. The standard InChI is InChI=1S/C18H19N5O/c24-18(16-11-20-12-17-15(16)3-8-21-17)23-9-4-14(5-10-23)22-13-1-6-19-7-2-13/h1-3,6-8,11-12,14,21H,4-5,9-10H2,(H,19,22). The molecule has 1 fully saturated rings. The minimum atomic E-state index is 0.0649. The number of piperidine rings is 1. The van der Waals surface area contributed by atoms with Crippen molar-refractivity contribution in [1.29, 1.82) is 0 Å². The van der Waals surface area contributed by atoms with Crippen molar-refractivity contribution in [1.82, 2.24) is 19.9 Å². The second-order valence-electron chi connectivity index (χ2n) is 6.07. The normalized spacial score (nSPS) is 15.6. The number of rotatable bonds is 3. The van der Waals surface area contributed by atoms with Gasteiger partial charge in [0.1, 0.15) is 0 Å². The van der Waals surface area contributed by atoms with E-state index in [0.29, 0.717) is 11.6 Å². The molecule has 2 N–H and O–H groups in total. The summed E-state index contributed by atoms with van der Waals surface area (Å²) < 4.78 is 0. The van der Waals surface area contributed by atoms with Gasteiger partial charge < -0.3 is 15.2 Å². The summed E-state index contributed by atoms with van der Waals surface area (Å²) in [7, 11) is 0. The largest absolute Gasteiger partial charge is 0.382 e. The number of nitrogens with zero attached hydrogens (tertiary/aromatic N) is 3. The highest BCUT2D eigenvalue weighted by molar-refractivity contribution is 6.05. The first-order chi connectivity index (χ1) is 11.8.